The van der Waals surface area contributed by atoms with Crippen molar-refractivity contribution in [1.29, 1.82) is 0 Å². The summed E-state index contributed by atoms with van der Waals surface area (Å²) >= 11 is 0. The fourth-order valence-electron chi connectivity index (χ4n) is 2.32. The predicted molar refractivity (Wildman–Crippen MR) is 74.8 cm³/mol. The lowest BCUT2D eigenvalue weighted by Gasteiger charge is -2.22. The van der Waals surface area contributed by atoms with Crippen LogP contribution in [0.3, 0.4) is 0 Å². The molecule has 106 valence electrons. The van der Waals surface area contributed by atoms with Crippen molar-refractivity contribution in [1.82, 2.24) is 10.6 Å². The highest BCUT2D eigenvalue weighted by molar-refractivity contribution is 5.81. The molecule has 19 heavy (non-hydrogen) atoms. The Morgan fingerprint density at radius 2 is 2.16 bits per heavy atom. The first-order chi connectivity index (χ1) is 8.94. The van der Waals surface area contributed by atoms with E-state index in [0.29, 0.717) is 19.0 Å². The highest BCUT2D eigenvalue weighted by Gasteiger charge is 2.36. The zero-order chi connectivity index (χ0) is 14.0. The number of rotatable bonds is 6. The molecule has 2 unspecified atom stereocenters. The molecule has 1 fully saturated rings. The maximum absolute atomic E-state index is 11.6. The van der Waals surface area contributed by atoms with Gasteiger partial charge in [-0.05, 0) is 38.3 Å². The summed E-state index contributed by atoms with van der Waals surface area (Å²) in [4.78, 5) is 11.6. The van der Waals surface area contributed by atoms with Crippen LogP contribution < -0.4 is 10.6 Å². The van der Waals surface area contributed by atoms with Gasteiger partial charge in [-0.25, -0.2) is 0 Å². The molecule has 1 heterocycles. The molecular weight excluding hydrogens is 240 g/mol. The summed E-state index contributed by atoms with van der Waals surface area (Å²) in [7, 11) is 1.67. The van der Waals surface area contributed by atoms with Gasteiger partial charge in [-0.15, -0.1) is 0 Å². The summed E-state index contributed by atoms with van der Waals surface area (Å²) in [6.45, 7) is 7.40. The van der Waals surface area contributed by atoms with Crippen molar-refractivity contribution in [2.45, 2.75) is 39.7 Å². The van der Waals surface area contributed by atoms with Gasteiger partial charge in [0.05, 0.1) is 12.0 Å². The Balaban J connectivity index is 1.79. The van der Waals surface area contributed by atoms with Gasteiger partial charge in [0.1, 0.15) is 11.5 Å². The molecule has 1 aromatic rings. The summed E-state index contributed by atoms with van der Waals surface area (Å²) in [5.41, 5.74) is -0.408. The van der Waals surface area contributed by atoms with Crippen LogP contribution in [0.15, 0.2) is 16.5 Å². The molecule has 4 heteroatoms. The van der Waals surface area contributed by atoms with E-state index in [1.54, 1.807) is 7.05 Å². The normalized spacial score (nSPS) is 22.3. The molecule has 2 atom stereocenters. The molecule has 0 aliphatic heterocycles. The molecule has 0 aromatic carbocycles. The van der Waals surface area contributed by atoms with Crippen LogP contribution in [0.25, 0.3) is 0 Å². The van der Waals surface area contributed by atoms with Gasteiger partial charge in [-0.2, -0.15) is 0 Å². The van der Waals surface area contributed by atoms with Gasteiger partial charge in [0.15, 0.2) is 0 Å². The molecular formula is C15H24N2O2. The molecule has 1 aliphatic rings. The van der Waals surface area contributed by atoms with Crippen molar-refractivity contribution < 1.29 is 9.21 Å². The Labute approximate surface area is 114 Å². The SMILES string of the molecule is CNC(=O)C(C)(C)CNCc1ccc(C2CC2C)o1. The second kappa shape index (κ2) is 5.37. The summed E-state index contributed by atoms with van der Waals surface area (Å²) in [6, 6.07) is 4.11. The topological polar surface area (TPSA) is 54.3 Å². The van der Waals surface area contributed by atoms with Gasteiger partial charge in [0.2, 0.25) is 5.91 Å². The van der Waals surface area contributed by atoms with Crippen molar-refractivity contribution in [2.75, 3.05) is 13.6 Å². The monoisotopic (exact) mass is 264 g/mol. The summed E-state index contributed by atoms with van der Waals surface area (Å²) in [5.74, 6) is 3.49. The van der Waals surface area contributed by atoms with E-state index in [2.05, 4.69) is 23.6 Å². The molecule has 1 amide bonds. The third-order valence-electron chi connectivity index (χ3n) is 3.87. The van der Waals surface area contributed by atoms with Crippen LogP contribution in [0.5, 0.6) is 0 Å². The average Bonchev–Trinajstić information content (AvgIpc) is 2.90. The summed E-state index contributed by atoms with van der Waals surface area (Å²) < 4.78 is 5.82. The van der Waals surface area contributed by atoms with E-state index >= 15 is 0 Å². The Morgan fingerprint density at radius 1 is 1.47 bits per heavy atom. The van der Waals surface area contributed by atoms with Crippen molar-refractivity contribution in [3.05, 3.63) is 23.7 Å². The average molecular weight is 264 g/mol. The number of carbonyl (C=O) groups is 1. The van der Waals surface area contributed by atoms with Crippen molar-refractivity contribution in [3.8, 4) is 0 Å². The largest absolute Gasteiger partial charge is 0.464 e. The van der Waals surface area contributed by atoms with Crippen LogP contribution in [-0.2, 0) is 11.3 Å². The first-order valence-corrected chi connectivity index (χ1v) is 6.95. The number of hydrogen-bond acceptors (Lipinski definition) is 3. The molecule has 0 bridgehead atoms. The van der Waals surface area contributed by atoms with Gasteiger partial charge >= 0.3 is 0 Å². The van der Waals surface area contributed by atoms with Crippen LogP contribution in [0.4, 0.5) is 0 Å². The van der Waals surface area contributed by atoms with Crippen LogP contribution in [0.2, 0.25) is 0 Å². The fraction of sp³-hybridized carbons (Fsp3) is 0.667. The van der Waals surface area contributed by atoms with Crippen LogP contribution in [0, 0.1) is 11.3 Å². The zero-order valence-corrected chi connectivity index (χ0v) is 12.2. The lowest BCUT2D eigenvalue weighted by Crippen LogP contribution is -2.41. The van der Waals surface area contributed by atoms with E-state index in [1.165, 1.54) is 6.42 Å². The van der Waals surface area contributed by atoms with Crippen molar-refractivity contribution >= 4 is 5.91 Å². The maximum atomic E-state index is 11.6. The standard InChI is InChI=1S/C15H24N2O2/c1-10-7-12(10)13-6-5-11(19-13)8-17-9-15(2,3)14(18)16-4/h5-6,10,12,17H,7-9H2,1-4H3,(H,16,18). The summed E-state index contributed by atoms with van der Waals surface area (Å²) in [5, 5.41) is 5.97. The van der Waals surface area contributed by atoms with Crippen molar-refractivity contribution in [2.24, 2.45) is 11.3 Å². The molecule has 1 saturated carbocycles. The highest BCUT2D eigenvalue weighted by Crippen LogP contribution is 2.47. The Hall–Kier alpha value is -1.29. The number of hydrogen-bond donors (Lipinski definition) is 2. The number of nitrogens with one attached hydrogen (secondary N) is 2. The molecule has 2 N–H and O–H groups in total. The number of furan rings is 1. The lowest BCUT2D eigenvalue weighted by molar-refractivity contribution is -0.128. The van der Waals surface area contributed by atoms with Gasteiger partial charge < -0.3 is 15.1 Å². The van der Waals surface area contributed by atoms with E-state index in [-0.39, 0.29) is 5.91 Å². The molecule has 0 radical (unpaired) electrons. The van der Waals surface area contributed by atoms with E-state index in [4.69, 9.17) is 4.42 Å². The van der Waals surface area contributed by atoms with Crippen LogP contribution >= 0.6 is 0 Å². The van der Waals surface area contributed by atoms with E-state index in [0.717, 1.165) is 17.4 Å². The molecule has 1 aromatic heterocycles. The lowest BCUT2D eigenvalue weighted by atomic mass is 9.92. The first-order valence-electron chi connectivity index (χ1n) is 6.95. The second-order valence-electron chi connectivity index (χ2n) is 6.19. The molecule has 0 saturated heterocycles. The summed E-state index contributed by atoms with van der Waals surface area (Å²) in [6.07, 6.45) is 1.24. The van der Waals surface area contributed by atoms with E-state index in [9.17, 15) is 4.79 Å². The molecule has 1 aliphatic carbocycles. The minimum absolute atomic E-state index is 0.0481. The van der Waals surface area contributed by atoms with Gasteiger partial charge in [-0.3, -0.25) is 4.79 Å². The Bertz CT molecular complexity index is 451. The molecule has 4 nitrogen and oxygen atoms in total. The smallest absolute Gasteiger partial charge is 0.226 e. The third kappa shape index (κ3) is 3.38. The maximum Gasteiger partial charge on any atom is 0.226 e. The number of amides is 1. The minimum atomic E-state index is -0.408. The van der Waals surface area contributed by atoms with Gasteiger partial charge in [0.25, 0.3) is 0 Å². The Morgan fingerprint density at radius 3 is 2.74 bits per heavy atom. The first kappa shape index (κ1) is 14.1. The zero-order valence-electron chi connectivity index (χ0n) is 12.2. The van der Waals surface area contributed by atoms with E-state index in [1.807, 2.05) is 19.9 Å². The molecule has 0 spiro atoms. The third-order valence-corrected chi connectivity index (χ3v) is 3.87. The van der Waals surface area contributed by atoms with Gasteiger partial charge in [-0.1, -0.05) is 6.92 Å². The number of carbonyl (C=O) groups excluding carboxylic acids is 1. The molecule has 2 rings (SSSR count). The highest BCUT2D eigenvalue weighted by atomic mass is 16.3. The van der Waals surface area contributed by atoms with Crippen LogP contribution in [-0.4, -0.2) is 19.5 Å². The Kier molecular flexibility index (Phi) is 3.99. The predicted octanol–water partition coefficient (Wildman–Crippen LogP) is 2.26. The van der Waals surface area contributed by atoms with Crippen molar-refractivity contribution in [3.63, 3.8) is 0 Å². The van der Waals surface area contributed by atoms with Gasteiger partial charge in [0, 0.05) is 19.5 Å². The van der Waals surface area contributed by atoms with Crippen LogP contribution in [0.1, 0.15) is 44.6 Å². The quantitative estimate of drug-likeness (QED) is 0.828. The van der Waals surface area contributed by atoms with E-state index < -0.39 is 5.41 Å². The fourth-order valence-corrected chi connectivity index (χ4v) is 2.32. The second-order valence-corrected chi connectivity index (χ2v) is 6.19. The minimum Gasteiger partial charge on any atom is -0.464 e.